The van der Waals surface area contributed by atoms with E-state index < -0.39 is 10.7 Å². The lowest BCUT2D eigenvalue weighted by Gasteiger charge is -2.24. The molecule has 1 fully saturated rings. The molecule has 19 heavy (non-hydrogen) atoms. The zero-order valence-electron chi connectivity index (χ0n) is 10.4. The van der Waals surface area contributed by atoms with Crippen molar-refractivity contribution in [2.75, 3.05) is 18.5 Å². The van der Waals surface area contributed by atoms with Crippen molar-refractivity contribution in [3.63, 3.8) is 0 Å². The van der Waals surface area contributed by atoms with Crippen molar-refractivity contribution in [1.82, 2.24) is 0 Å². The van der Waals surface area contributed by atoms with Crippen LogP contribution < -0.4 is 5.32 Å². The van der Waals surface area contributed by atoms with Gasteiger partial charge in [-0.15, -0.1) is 0 Å². The molecule has 0 spiro atoms. The molecule has 1 aromatic rings. The quantitative estimate of drug-likeness (QED) is 0.677. The second kappa shape index (κ2) is 5.42. The van der Waals surface area contributed by atoms with Crippen LogP contribution in [-0.4, -0.2) is 23.7 Å². The van der Waals surface area contributed by atoms with Crippen molar-refractivity contribution < 1.29 is 14.1 Å². The minimum absolute atomic E-state index is 0.0769. The Morgan fingerprint density at radius 3 is 2.95 bits per heavy atom. The molecule has 0 aromatic heterocycles. The van der Waals surface area contributed by atoms with Crippen LogP contribution >= 0.6 is 15.9 Å². The Bertz CT molecular complexity index is 504. The number of hydrogen-bond donors (Lipinski definition) is 1. The SMILES string of the molecule is CC1(CNc2cc(F)c(Br)cc2[N+](=O)[O-])CCCO1. The summed E-state index contributed by atoms with van der Waals surface area (Å²) in [6.07, 6.45) is 1.85. The van der Waals surface area contributed by atoms with Crippen molar-refractivity contribution in [3.05, 3.63) is 32.5 Å². The highest BCUT2D eigenvalue weighted by atomic mass is 79.9. The van der Waals surface area contributed by atoms with Gasteiger partial charge in [0, 0.05) is 25.3 Å². The zero-order chi connectivity index (χ0) is 14.0. The third-order valence-corrected chi connectivity index (χ3v) is 3.80. The predicted octanol–water partition coefficient (Wildman–Crippen LogP) is 3.48. The first-order valence-electron chi connectivity index (χ1n) is 5.92. The van der Waals surface area contributed by atoms with Gasteiger partial charge in [0.05, 0.1) is 15.0 Å². The Hall–Kier alpha value is -1.21. The zero-order valence-corrected chi connectivity index (χ0v) is 12.0. The second-order valence-corrected chi connectivity index (χ2v) is 5.65. The van der Waals surface area contributed by atoms with Crippen LogP contribution in [0.5, 0.6) is 0 Å². The van der Waals surface area contributed by atoms with Crippen LogP contribution in [0.25, 0.3) is 0 Å². The van der Waals surface area contributed by atoms with E-state index in [4.69, 9.17) is 4.74 Å². The highest BCUT2D eigenvalue weighted by Crippen LogP contribution is 2.32. The highest BCUT2D eigenvalue weighted by Gasteiger charge is 2.30. The minimum atomic E-state index is -0.537. The summed E-state index contributed by atoms with van der Waals surface area (Å²) in [6.45, 7) is 3.04. The third-order valence-electron chi connectivity index (χ3n) is 3.19. The number of anilines is 1. The van der Waals surface area contributed by atoms with E-state index in [1.165, 1.54) is 0 Å². The lowest BCUT2D eigenvalue weighted by atomic mass is 10.0. The molecule has 1 aliphatic rings. The van der Waals surface area contributed by atoms with Crippen molar-refractivity contribution in [2.45, 2.75) is 25.4 Å². The molecule has 1 N–H and O–H groups in total. The summed E-state index contributed by atoms with van der Waals surface area (Å²) < 4.78 is 19.1. The molecule has 0 saturated carbocycles. The minimum Gasteiger partial charge on any atom is -0.377 e. The van der Waals surface area contributed by atoms with Gasteiger partial charge in [-0.1, -0.05) is 0 Å². The molecule has 0 radical (unpaired) electrons. The van der Waals surface area contributed by atoms with Gasteiger partial charge in [0.15, 0.2) is 0 Å². The molecule has 104 valence electrons. The molecular formula is C12H14BrFN2O3. The Morgan fingerprint density at radius 2 is 2.37 bits per heavy atom. The van der Waals surface area contributed by atoms with Gasteiger partial charge in [-0.2, -0.15) is 0 Å². The van der Waals surface area contributed by atoms with Crippen molar-refractivity contribution in [3.8, 4) is 0 Å². The topological polar surface area (TPSA) is 64.4 Å². The lowest BCUT2D eigenvalue weighted by Crippen LogP contribution is -2.32. The molecule has 1 heterocycles. The number of rotatable bonds is 4. The number of nitrogens with zero attached hydrogens (tertiary/aromatic N) is 1. The number of ether oxygens (including phenoxy) is 1. The molecule has 1 aliphatic heterocycles. The van der Waals surface area contributed by atoms with E-state index in [0.29, 0.717) is 13.2 Å². The van der Waals surface area contributed by atoms with E-state index in [2.05, 4.69) is 21.2 Å². The largest absolute Gasteiger partial charge is 0.377 e. The number of nitro benzene ring substituents is 1. The molecular weight excluding hydrogens is 319 g/mol. The average molecular weight is 333 g/mol. The fraction of sp³-hybridized carbons (Fsp3) is 0.500. The van der Waals surface area contributed by atoms with Gasteiger partial charge in [0.2, 0.25) is 0 Å². The van der Waals surface area contributed by atoms with Crippen molar-refractivity contribution in [1.29, 1.82) is 0 Å². The van der Waals surface area contributed by atoms with Gasteiger partial charge in [-0.05, 0) is 35.7 Å². The van der Waals surface area contributed by atoms with Gasteiger partial charge < -0.3 is 10.1 Å². The maximum Gasteiger partial charge on any atom is 0.293 e. The molecule has 1 atom stereocenters. The normalized spacial score (nSPS) is 22.5. The number of nitro groups is 1. The van der Waals surface area contributed by atoms with Gasteiger partial charge in [0.25, 0.3) is 5.69 Å². The van der Waals surface area contributed by atoms with Crippen molar-refractivity contribution in [2.24, 2.45) is 0 Å². The van der Waals surface area contributed by atoms with Crippen LogP contribution in [0.1, 0.15) is 19.8 Å². The average Bonchev–Trinajstić information content (AvgIpc) is 2.77. The second-order valence-electron chi connectivity index (χ2n) is 4.80. The first-order chi connectivity index (χ1) is 8.91. The van der Waals surface area contributed by atoms with Gasteiger partial charge >= 0.3 is 0 Å². The van der Waals surface area contributed by atoms with Crippen LogP contribution in [0.4, 0.5) is 15.8 Å². The molecule has 1 aromatic carbocycles. The van der Waals surface area contributed by atoms with Crippen LogP contribution in [-0.2, 0) is 4.74 Å². The Labute approximate surface area is 118 Å². The first-order valence-corrected chi connectivity index (χ1v) is 6.72. The van der Waals surface area contributed by atoms with Gasteiger partial charge in [0.1, 0.15) is 11.5 Å². The summed E-state index contributed by atoms with van der Waals surface area (Å²) in [5.41, 5.74) is -0.338. The molecule has 7 heteroatoms. The smallest absolute Gasteiger partial charge is 0.293 e. The van der Waals surface area contributed by atoms with Crippen LogP contribution in [0.15, 0.2) is 16.6 Å². The lowest BCUT2D eigenvalue weighted by molar-refractivity contribution is -0.384. The molecule has 0 amide bonds. The van der Waals surface area contributed by atoms with Crippen molar-refractivity contribution >= 4 is 27.3 Å². The summed E-state index contributed by atoms with van der Waals surface area (Å²) in [7, 11) is 0. The van der Waals surface area contributed by atoms with E-state index >= 15 is 0 Å². The summed E-state index contributed by atoms with van der Waals surface area (Å²) in [6, 6.07) is 2.29. The maximum atomic E-state index is 13.5. The van der Waals surface area contributed by atoms with Gasteiger partial charge in [-0.3, -0.25) is 10.1 Å². The van der Waals surface area contributed by atoms with Crippen LogP contribution in [0.2, 0.25) is 0 Å². The van der Waals surface area contributed by atoms with Gasteiger partial charge in [-0.25, -0.2) is 4.39 Å². The summed E-state index contributed by atoms with van der Waals surface area (Å²) >= 11 is 2.94. The maximum absolute atomic E-state index is 13.5. The fourth-order valence-electron chi connectivity index (χ4n) is 2.09. The van der Waals surface area contributed by atoms with Crippen LogP contribution in [0, 0.1) is 15.9 Å². The van der Waals surface area contributed by atoms with E-state index in [9.17, 15) is 14.5 Å². The Balaban J connectivity index is 2.19. The molecule has 1 unspecified atom stereocenters. The fourth-order valence-corrected chi connectivity index (χ4v) is 2.42. The molecule has 0 bridgehead atoms. The summed E-state index contributed by atoms with van der Waals surface area (Å²) in [4.78, 5) is 10.4. The molecule has 0 aliphatic carbocycles. The Kier molecular flexibility index (Phi) is 4.05. The van der Waals surface area contributed by atoms with Crippen LogP contribution in [0.3, 0.4) is 0 Å². The molecule has 5 nitrogen and oxygen atoms in total. The summed E-state index contributed by atoms with van der Waals surface area (Å²) in [5, 5.41) is 13.9. The predicted molar refractivity (Wildman–Crippen MR) is 72.8 cm³/mol. The number of halogens is 2. The molecule has 1 saturated heterocycles. The van der Waals surface area contributed by atoms with E-state index in [1.807, 2.05) is 6.92 Å². The Morgan fingerprint density at radius 1 is 1.63 bits per heavy atom. The number of hydrogen-bond acceptors (Lipinski definition) is 4. The summed E-state index contributed by atoms with van der Waals surface area (Å²) in [5.74, 6) is -0.536. The van der Waals surface area contributed by atoms with E-state index in [-0.39, 0.29) is 21.4 Å². The van der Waals surface area contributed by atoms with E-state index in [1.54, 1.807) is 0 Å². The monoisotopic (exact) mass is 332 g/mol. The standard InChI is InChI=1S/C12H14BrFN2O3/c1-12(3-2-4-19-12)7-15-10-6-9(14)8(13)5-11(10)16(17)18/h5-6,15H,2-4,7H2,1H3. The number of benzene rings is 1. The highest BCUT2D eigenvalue weighted by molar-refractivity contribution is 9.10. The molecule has 2 rings (SSSR count). The van der Waals surface area contributed by atoms with E-state index in [0.717, 1.165) is 25.0 Å². The first kappa shape index (κ1) is 14.2. The number of nitrogens with one attached hydrogen (secondary N) is 1. The third kappa shape index (κ3) is 3.22.